The molecule has 140 valence electrons. The summed E-state index contributed by atoms with van der Waals surface area (Å²) in [4.78, 5) is 36.8. The van der Waals surface area contributed by atoms with Crippen LogP contribution in [0.1, 0.15) is 45.4 Å². The van der Waals surface area contributed by atoms with Crippen LogP contribution < -0.4 is 10.6 Å². The molecule has 25 heavy (non-hydrogen) atoms. The number of likely N-dealkylation sites (tertiary alicyclic amines) is 1. The van der Waals surface area contributed by atoms with Gasteiger partial charge in [-0.3, -0.25) is 4.79 Å². The highest BCUT2D eigenvalue weighted by Crippen LogP contribution is 2.33. The molecular formula is C17H27N3O4S. The SMILES string of the molecule is CC1CCN(C(=O)CCCC[C@@H]2SC[C@@H]3NC(=O)N[C@@H]32)C(C(=O)O)C1. The first-order valence-electron chi connectivity index (χ1n) is 9.16. The fourth-order valence-corrected chi connectivity index (χ4v) is 5.63. The van der Waals surface area contributed by atoms with Crippen molar-refractivity contribution in [2.75, 3.05) is 12.3 Å². The lowest BCUT2D eigenvalue weighted by Gasteiger charge is -2.36. The minimum Gasteiger partial charge on any atom is -0.480 e. The molecule has 3 fully saturated rings. The number of nitrogens with zero attached hydrogens (tertiary/aromatic N) is 1. The molecule has 0 saturated carbocycles. The molecule has 0 aromatic carbocycles. The predicted octanol–water partition coefficient (Wildman–Crippen LogP) is 1.42. The number of nitrogens with one attached hydrogen (secondary N) is 2. The molecule has 0 aromatic heterocycles. The average Bonchev–Trinajstić information content (AvgIpc) is 3.10. The van der Waals surface area contributed by atoms with Crippen LogP contribution in [0, 0.1) is 5.92 Å². The number of unbranched alkanes of at least 4 members (excludes halogenated alkanes) is 1. The quantitative estimate of drug-likeness (QED) is 0.486. The summed E-state index contributed by atoms with van der Waals surface area (Å²) in [6.45, 7) is 2.60. The molecule has 0 aromatic rings. The molecule has 3 amide bonds. The van der Waals surface area contributed by atoms with Crippen LogP contribution in [0.4, 0.5) is 4.79 Å². The van der Waals surface area contributed by atoms with Gasteiger partial charge in [0.05, 0.1) is 12.1 Å². The second-order valence-electron chi connectivity index (χ2n) is 7.44. The lowest BCUT2D eigenvalue weighted by atomic mass is 9.92. The van der Waals surface area contributed by atoms with Crippen molar-refractivity contribution in [3.8, 4) is 0 Å². The van der Waals surface area contributed by atoms with Crippen molar-refractivity contribution in [2.24, 2.45) is 5.92 Å². The van der Waals surface area contributed by atoms with Crippen molar-refractivity contribution in [1.82, 2.24) is 15.5 Å². The van der Waals surface area contributed by atoms with E-state index in [4.69, 9.17) is 0 Å². The Kier molecular flexibility index (Phi) is 5.76. The Morgan fingerprint density at radius 1 is 1.32 bits per heavy atom. The van der Waals surface area contributed by atoms with Gasteiger partial charge in [0.2, 0.25) is 5.91 Å². The molecule has 0 aliphatic carbocycles. The predicted molar refractivity (Wildman–Crippen MR) is 95.5 cm³/mol. The summed E-state index contributed by atoms with van der Waals surface area (Å²) in [5.74, 6) is 0.372. The van der Waals surface area contributed by atoms with Crippen molar-refractivity contribution < 1.29 is 19.5 Å². The molecule has 3 N–H and O–H groups in total. The monoisotopic (exact) mass is 369 g/mol. The zero-order valence-electron chi connectivity index (χ0n) is 14.6. The third-order valence-corrected chi connectivity index (χ3v) is 7.05. The maximum absolute atomic E-state index is 12.4. The Balaban J connectivity index is 1.40. The highest BCUT2D eigenvalue weighted by atomic mass is 32.2. The second-order valence-corrected chi connectivity index (χ2v) is 8.71. The van der Waals surface area contributed by atoms with Crippen LogP contribution in [-0.4, -0.2) is 63.6 Å². The molecule has 0 radical (unpaired) electrons. The van der Waals surface area contributed by atoms with E-state index in [1.54, 1.807) is 4.90 Å². The highest BCUT2D eigenvalue weighted by Gasteiger charge is 2.42. The third-order valence-electron chi connectivity index (χ3n) is 5.54. The van der Waals surface area contributed by atoms with E-state index in [-0.39, 0.29) is 24.0 Å². The molecule has 3 saturated heterocycles. The van der Waals surface area contributed by atoms with Gasteiger partial charge in [0.1, 0.15) is 6.04 Å². The number of carbonyl (C=O) groups excluding carboxylic acids is 2. The Bertz CT molecular complexity index is 544. The Morgan fingerprint density at radius 3 is 2.88 bits per heavy atom. The topological polar surface area (TPSA) is 98.7 Å². The number of thioether (sulfide) groups is 1. The summed E-state index contributed by atoms with van der Waals surface area (Å²) in [7, 11) is 0. The van der Waals surface area contributed by atoms with E-state index < -0.39 is 12.0 Å². The fraction of sp³-hybridized carbons (Fsp3) is 0.824. The summed E-state index contributed by atoms with van der Waals surface area (Å²) in [5, 5.41) is 15.7. The van der Waals surface area contributed by atoms with Gasteiger partial charge >= 0.3 is 12.0 Å². The fourth-order valence-electron chi connectivity index (χ4n) is 4.08. The van der Waals surface area contributed by atoms with Crippen LogP contribution in [0.2, 0.25) is 0 Å². The van der Waals surface area contributed by atoms with Gasteiger partial charge in [-0.25, -0.2) is 9.59 Å². The first kappa shape index (κ1) is 18.4. The Labute approximate surface area is 152 Å². The van der Waals surface area contributed by atoms with Crippen molar-refractivity contribution in [3.63, 3.8) is 0 Å². The molecule has 0 bridgehead atoms. The van der Waals surface area contributed by atoms with E-state index in [9.17, 15) is 19.5 Å². The normalized spacial score (nSPS) is 34.4. The van der Waals surface area contributed by atoms with Gasteiger partial charge in [-0.15, -0.1) is 0 Å². The summed E-state index contributed by atoms with van der Waals surface area (Å²) in [5.41, 5.74) is 0. The van der Waals surface area contributed by atoms with Crippen molar-refractivity contribution in [1.29, 1.82) is 0 Å². The molecule has 3 heterocycles. The zero-order chi connectivity index (χ0) is 18.0. The van der Waals surface area contributed by atoms with Crippen LogP contribution in [0.3, 0.4) is 0 Å². The van der Waals surface area contributed by atoms with Crippen LogP contribution in [0.5, 0.6) is 0 Å². The number of amides is 3. The van der Waals surface area contributed by atoms with E-state index in [0.29, 0.717) is 30.6 Å². The van der Waals surface area contributed by atoms with Crippen LogP contribution in [0.25, 0.3) is 0 Å². The van der Waals surface area contributed by atoms with Gasteiger partial charge in [-0.05, 0) is 31.6 Å². The van der Waals surface area contributed by atoms with Crippen molar-refractivity contribution in [3.05, 3.63) is 0 Å². The van der Waals surface area contributed by atoms with Crippen molar-refractivity contribution in [2.45, 2.75) is 68.8 Å². The van der Waals surface area contributed by atoms with Gasteiger partial charge in [-0.1, -0.05) is 13.3 Å². The van der Waals surface area contributed by atoms with E-state index in [2.05, 4.69) is 10.6 Å². The summed E-state index contributed by atoms with van der Waals surface area (Å²) in [6.07, 6.45) is 4.51. The number of hydrogen-bond acceptors (Lipinski definition) is 4. The van der Waals surface area contributed by atoms with Crippen LogP contribution in [0.15, 0.2) is 0 Å². The number of piperidine rings is 1. The second kappa shape index (κ2) is 7.85. The van der Waals surface area contributed by atoms with Gasteiger partial charge in [0.15, 0.2) is 0 Å². The summed E-state index contributed by atoms with van der Waals surface area (Å²) < 4.78 is 0. The Morgan fingerprint density at radius 2 is 2.12 bits per heavy atom. The summed E-state index contributed by atoms with van der Waals surface area (Å²) >= 11 is 1.88. The smallest absolute Gasteiger partial charge is 0.326 e. The number of carboxylic acids is 1. The first-order chi connectivity index (χ1) is 12.0. The van der Waals surface area contributed by atoms with E-state index in [1.165, 1.54) is 0 Å². The highest BCUT2D eigenvalue weighted by molar-refractivity contribution is 8.00. The molecule has 0 spiro atoms. The molecule has 8 heteroatoms. The summed E-state index contributed by atoms with van der Waals surface area (Å²) in [6, 6.07) is -0.305. The first-order valence-corrected chi connectivity index (χ1v) is 10.2. The third kappa shape index (κ3) is 4.22. The number of hydrogen-bond donors (Lipinski definition) is 3. The number of rotatable bonds is 6. The van der Waals surface area contributed by atoms with Gasteiger partial charge in [-0.2, -0.15) is 11.8 Å². The van der Waals surface area contributed by atoms with Crippen molar-refractivity contribution >= 4 is 29.7 Å². The lowest BCUT2D eigenvalue weighted by molar-refractivity contribution is -0.153. The maximum atomic E-state index is 12.4. The van der Waals surface area contributed by atoms with Gasteiger partial charge in [0, 0.05) is 24.0 Å². The van der Waals surface area contributed by atoms with Crippen LogP contribution >= 0.6 is 11.8 Å². The molecule has 2 unspecified atom stereocenters. The number of fused-ring (bicyclic) bond motifs is 1. The van der Waals surface area contributed by atoms with E-state index in [1.807, 2.05) is 18.7 Å². The zero-order valence-corrected chi connectivity index (χ0v) is 15.4. The molecule has 7 nitrogen and oxygen atoms in total. The average molecular weight is 369 g/mol. The largest absolute Gasteiger partial charge is 0.480 e. The van der Waals surface area contributed by atoms with Crippen LogP contribution in [-0.2, 0) is 9.59 Å². The maximum Gasteiger partial charge on any atom is 0.326 e. The number of aliphatic carboxylic acids is 1. The number of carboxylic acid groups (broad SMARTS) is 1. The molecule has 5 atom stereocenters. The minimum atomic E-state index is -0.891. The number of carbonyl (C=O) groups is 3. The van der Waals surface area contributed by atoms with Gasteiger partial charge < -0.3 is 20.6 Å². The lowest BCUT2D eigenvalue weighted by Crippen LogP contribution is -2.49. The number of urea groups is 1. The molecule has 3 aliphatic rings. The minimum absolute atomic E-state index is 0.0351. The molecular weight excluding hydrogens is 342 g/mol. The standard InChI is InChI=1S/C17H27N3O4S/c1-10-6-7-20(12(8-10)16(22)23)14(21)5-3-2-4-13-15-11(9-25-13)18-17(24)19-15/h10-13,15H,2-9H2,1H3,(H,22,23)(H2,18,19,24)/t10?,11-,12?,13-,15-/m0/s1. The van der Waals surface area contributed by atoms with Gasteiger partial charge in [0.25, 0.3) is 0 Å². The van der Waals surface area contributed by atoms with E-state index in [0.717, 1.165) is 31.4 Å². The molecule has 3 rings (SSSR count). The Hall–Kier alpha value is -1.44. The molecule has 3 aliphatic heterocycles. The van der Waals surface area contributed by atoms with E-state index >= 15 is 0 Å².